The van der Waals surface area contributed by atoms with Crippen LogP contribution in [0.4, 0.5) is 0 Å². The molecule has 6 heteroatoms. The van der Waals surface area contributed by atoms with E-state index in [1.165, 1.54) is 16.2 Å². The van der Waals surface area contributed by atoms with Gasteiger partial charge in [-0.3, -0.25) is 14.6 Å². The van der Waals surface area contributed by atoms with Gasteiger partial charge in [0.1, 0.15) is 0 Å². The van der Waals surface area contributed by atoms with Crippen LogP contribution in [0.2, 0.25) is 0 Å². The van der Waals surface area contributed by atoms with E-state index in [-0.39, 0.29) is 17.9 Å². The van der Waals surface area contributed by atoms with Crippen molar-refractivity contribution in [2.45, 2.75) is 33.4 Å². The van der Waals surface area contributed by atoms with Gasteiger partial charge in [-0.15, -0.1) is 11.3 Å². The van der Waals surface area contributed by atoms with Crippen LogP contribution in [0.5, 0.6) is 0 Å². The van der Waals surface area contributed by atoms with Gasteiger partial charge in [-0.25, -0.2) is 0 Å². The van der Waals surface area contributed by atoms with Crippen molar-refractivity contribution in [3.05, 3.63) is 63.8 Å². The summed E-state index contributed by atoms with van der Waals surface area (Å²) in [6.07, 6.45) is 3.34. The first-order chi connectivity index (χ1) is 11.8. The van der Waals surface area contributed by atoms with Gasteiger partial charge in [0, 0.05) is 29.2 Å². The van der Waals surface area contributed by atoms with Crippen LogP contribution in [0.1, 0.15) is 37.3 Å². The molecule has 2 aromatic rings. The molecule has 0 saturated heterocycles. The summed E-state index contributed by atoms with van der Waals surface area (Å²) in [5.41, 5.74) is 0.335. The minimum atomic E-state index is -0.691. The van der Waals surface area contributed by atoms with Crippen LogP contribution in [0.15, 0.2) is 53.4 Å². The van der Waals surface area contributed by atoms with Crippen molar-refractivity contribution in [3.63, 3.8) is 0 Å². The van der Waals surface area contributed by atoms with Crippen LogP contribution in [-0.4, -0.2) is 26.7 Å². The molecule has 130 valence electrons. The molecule has 1 N–H and O–H groups in total. The molecule has 1 aliphatic heterocycles. The maximum absolute atomic E-state index is 12.9. The summed E-state index contributed by atoms with van der Waals surface area (Å²) in [4.78, 5) is 32.1. The minimum absolute atomic E-state index is 0.184. The molecule has 3 rings (SSSR count). The number of ketones is 1. The number of Topliss-reactive ketones (excluding diaryl/α,β-unsaturated/α-hetero) is 1. The number of carbonyl (C=O) groups is 2. The highest BCUT2D eigenvalue weighted by Gasteiger charge is 2.46. The number of hydrogen-bond donors (Lipinski definition) is 1. The van der Waals surface area contributed by atoms with Crippen molar-refractivity contribution in [1.29, 1.82) is 0 Å². The Morgan fingerprint density at radius 2 is 2.08 bits per heavy atom. The molecule has 5 nitrogen and oxygen atoms in total. The summed E-state index contributed by atoms with van der Waals surface area (Å²) in [6.45, 7) is 5.64. The molecule has 3 heterocycles. The number of hydrogen-bond acceptors (Lipinski definition) is 5. The molecule has 1 aliphatic rings. The van der Waals surface area contributed by atoms with Gasteiger partial charge >= 0.3 is 0 Å². The topological polar surface area (TPSA) is 70.5 Å². The number of aromatic nitrogens is 1. The van der Waals surface area contributed by atoms with Gasteiger partial charge in [-0.1, -0.05) is 32.9 Å². The fourth-order valence-corrected chi connectivity index (χ4v) is 3.73. The monoisotopic (exact) mass is 356 g/mol. The zero-order valence-corrected chi connectivity index (χ0v) is 15.2. The largest absolute Gasteiger partial charge is 0.503 e. The Labute approximate surface area is 150 Å². The summed E-state index contributed by atoms with van der Waals surface area (Å²) < 4.78 is 0. The number of aliphatic hydroxyl groups excluding tert-OH is 1. The predicted octanol–water partition coefficient (Wildman–Crippen LogP) is 3.65. The maximum Gasteiger partial charge on any atom is 0.290 e. The second-order valence-corrected chi connectivity index (χ2v) is 8.03. The number of carbonyl (C=O) groups excluding carboxylic acids is 2. The first-order valence-electron chi connectivity index (χ1n) is 8.02. The lowest BCUT2D eigenvalue weighted by Crippen LogP contribution is -2.32. The summed E-state index contributed by atoms with van der Waals surface area (Å²) >= 11 is 1.46. The number of rotatable bonds is 4. The van der Waals surface area contributed by atoms with Gasteiger partial charge in [0.05, 0.1) is 11.6 Å². The summed E-state index contributed by atoms with van der Waals surface area (Å²) in [5, 5.41) is 12.4. The zero-order valence-electron chi connectivity index (χ0n) is 14.4. The van der Waals surface area contributed by atoms with Gasteiger partial charge < -0.3 is 10.0 Å². The van der Waals surface area contributed by atoms with Crippen molar-refractivity contribution in [1.82, 2.24) is 9.88 Å². The second-order valence-electron chi connectivity index (χ2n) is 7.05. The minimum Gasteiger partial charge on any atom is -0.503 e. The van der Waals surface area contributed by atoms with E-state index in [9.17, 15) is 14.7 Å². The average molecular weight is 356 g/mol. The van der Waals surface area contributed by atoms with E-state index >= 15 is 0 Å². The lowest BCUT2D eigenvalue weighted by atomic mass is 9.83. The molecule has 1 unspecified atom stereocenters. The molecule has 0 aromatic carbocycles. The standard InChI is InChI=1S/C19H20N2O3S/c1-19(2,3)17(23)14-15(13-7-5-9-25-13)21(18(24)16(14)22)11-12-6-4-8-20-10-12/h4-10,15,22H,11H2,1-3H3. The van der Waals surface area contributed by atoms with E-state index in [0.717, 1.165) is 10.4 Å². The molecule has 0 aliphatic carbocycles. The number of nitrogens with zero attached hydrogens (tertiary/aromatic N) is 2. The van der Waals surface area contributed by atoms with E-state index in [1.807, 2.05) is 23.6 Å². The van der Waals surface area contributed by atoms with Gasteiger partial charge in [0.15, 0.2) is 11.5 Å². The lowest BCUT2D eigenvalue weighted by molar-refractivity contribution is -0.130. The van der Waals surface area contributed by atoms with Crippen LogP contribution < -0.4 is 0 Å². The third kappa shape index (κ3) is 3.22. The Morgan fingerprint density at radius 3 is 2.64 bits per heavy atom. The Hall–Kier alpha value is -2.47. The van der Waals surface area contributed by atoms with Crippen LogP contribution in [-0.2, 0) is 16.1 Å². The normalized spacial score (nSPS) is 18.1. The Balaban J connectivity index is 2.05. The number of aliphatic hydroxyl groups is 1. The molecule has 0 spiro atoms. The third-order valence-electron chi connectivity index (χ3n) is 4.12. The predicted molar refractivity (Wildman–Crippen MR) is 96.0 cm³/mol. The van der Waals surface area contributed by atoms with Gasteiger partial charge in [0.25, 0.3) is 5.91 Å². The Bertz CT molecular complexity index is 820. The fraction of sp³-hybridized carbons (Fsp3) is 0.316. The molecular weight excluding hydrogens is 336 g/mol. The number of amides is 1. The highest BCUT2D eigenvalue weighted by molar-refractivity contribution is 7.10. The SMILES string of the molecule is CC(C)(C)C(=O)C1=C(O)C(=O)N(Cc2cccnc2)C1c1cccs1. The van der Waals surface area contributed by atoms with E-state index < -0.39 is 23.1 Å². The van der Waals surface area contributed by atoms with Crippen molar-refractivity contribution in [3.8, 4) is 0 Å². The highest BCUT2D eigenvalue weighted by atomic mass is 32.1. The zero-order chi connectivity index (χ0) is 18.2. The second kappa shape index (κ2) is 6.44. The van der Waals surface area contributed by atoms with Crippen LogP contribution in [0.3, 0.4) is 0 Å². The van der Waals surface area contributed by atoms with Crippen LogP contribution in [0, 0.1) is 5.41 Å². The maximum atomic E-state index is 12.9. The molecule has 1 atom stereocenters. The van der Waals surface area contributed by atoms with Gasteiger partial charge in [0.2, 0.25) is 0 Å². The first-order valence-corrected chi connectivity index (χ1v) is 8.90. The van der Waals surface area contributed by atoms with Crippen LogP contribution >= 0.6 is 11.3 Å². The molecule has 0 fully saturated rings. The smallest absolute Gasteiger partial charge is 0.290 e. The molecular formula is C19H20N2O3S. The first kappa shape index (κ1) is 17.4. The Kier molecular flexibility index (Phi) is 4.47. The van der Waals surface area contributed by atoms with E-state index in [1.54, 1.807) is 39.2 Å². The molecule has 0 saturated carbocycles. The number of pyridine rings is 1. The number of thiophene rings is 1. The van der Waals surface area contributed by atoms with Gasteiger partial charge in [-0.2, -0.15) is 0 Å². The quantitative estimate of drug-likeness (QED) is 0.908. The molecule has 1 amide bonds. The fourth-order valence-electron chi connectivity index (χ4n) is 2.88. The Morgan fingerprint density at radius 1 is 1.32 bits per heavy atom. The van der Waals surface area contributed by atoms with Crippen molar-refractivity contribution < 1.29 is 14.7 Å². The molecule has 25 heavy (non-hydrogen) atoms. The van der Waals surface area contributed by atoms with E-state index in [4.69, 9.17) is 0 Å². The summed E-state index contributed by atoms with van der Waals surface area (Å²) in [5.74, 6) is -1.18. The van der Waals surface area contributed by atoms with Crippen LogP contribution in [0.25, 0.3) is 0 Å². The van der Waals surface area contributed by atoms with E-state index in [0.29, 0.717) is 0 Å². The third-order valence-corrected chi connectivity index (χ3v) is 5.04. The van der Waals surface area contributed by atoms with Crippen molar-refractivity contribution in [2.24, 2.45) is 5.41 Å². The van der Waals surface area contributed by atoms with Gasteiger partial charge in [-0.05, 0) is 23.1 Å². The lowest BCUT2D eigenvalue weighted by Gasteiger charge is -2.27. The van der Waals surface area contributed by atoms with Crippen molar-refractivity contribution in [2.75, 3.05) is 0 Å². The van der Waals surface area contributed by atoms with Crippen molar-refractivity contribution >= 4 is 23.0 Å². The molecule has 0 bridgehead atoms. The summed E-state index contributed by atoms with van der Waals surface area (Å²) in [7, 11) is 0. The highest BCUT2D eigenvalue weighted by Crippen LogP contribution is 2.42. The average Bonchev–Trinajstić information content (AvgIpc) is 3.17. The summed E-state index contributed by atoms with van der Waals surface area (Å²) in [6, 6.07) is 6.85. The van der Waals surface area contributed by atoms with E-state index in [2.05, 4.69) is 4.98 Å². The molecule has 0 radical (unpaired) electrons. The molecule has 2 aromatic heterocycles.